The van der Waals surface area contributed by atoms with Crippen LogP contribution in [0.1, 0.15) is 5.56 Å². The number of aromatic nitrogens is 4. The van der Waals surface area contributed by atoms with Crippen molar-refractivity contribution in [3.63, 3.8) is 0 Å². The molecule has 51 heavy (non-hydrogen) atoms. The third-order valence-corrected chi connectivity index (χ3v) is 9.72. The predicted octanol–water partition coefficient (Wildman–Crippen LogP) is 11.8. The molecule has 10 rings (SSSR count). The maximum atomic E-state index is 6.31. The van der Waals surface area contributed by atoms with Gasteiger partial charge in [0.25, 0.3) is 0 Å². The van der Waals surface area contributed by atoms with E-state index in [9.17, 15) is 0 Å². The Labute approximate surface area is 294 Å². The molecule has 3 aromatic heterocycles. The van der Waals surface area contributed by atoms with Gasteiger partial charge in [0.05, 0.1) is 16.7 Å². The maximum absolute atomic E-state index is 6.31. The SMILES string of the molecule is Cc1ccc2c(c1)c1ccccc1n2-c1ccc(-c2ccc3c(c2)oc2ccccc23)cc1-c1nc(-c2ccccc2)nc(-c2ccccc2)n1. The standard InChI is InChI=1S/C46H30N4O/c1-29-20-24-40-37(26-29)34-16-8-10-18-39(34)50(40)41-25-22-32(33-21-23-36-35-17-9-11-19-42(35)51-43(36)28-33)27-38(41)46-48-44(30-12-4-2-5-13-30)47-45(49-46)31-14-6-3-7-15-31/h2-28H,1H3. The number of para-hydroxylation sites is 2. The second-order valence-electron chi connectivity index (χ2n) is 13.0. The first-order chi connectivity index (χ1) is 25.2. The van der Waals surface area contributed by atoms with Crippen LogP contribution < -0.4 is 0 Å². The Balaban J connectivity index is 1.27. The number of benzene rings is 7. The van der Waals surface area contributed by atoms with Crippen LogP contribution in [0.3, 0.4) is 0 Å². The van der Waals surface area contributed by atoms with Gasteiger partial charge in [-0.15, -0.1) is 0 Å². The molecule has 0 fully saturated rings. The van der Waals surface area contributed by atoms with Crippen LogP contribution in [-0.2, 0) is 0 Å². The lowest BCUT2D eigenvalue weighted by Gasteiger charge is -2.16. The molecule has 0 aliphatic heterocycles. The summed E-state index contributed by atoms with van der Waals surface area (Å²) in [6.45, 7) is 2.14. The summed E-state index contributed by atoms with van der Waals surface area (Å²) in [6, 6.07) is 56.8. The zero-order chi connectivity index (χ0) is 33.9. The maximum Gasteiger partial charge on any atom is 0.166 e. The van der Waals surface area contributed by atoms with Gasteiger partial charge in [-0.1, -0.05) is 121 Å². The zero-order valence-corrected chi connectivity index (χ0v) is 27.8. The van der Waals surface area contributed by atoms with Crippen LogP contribution in [0, 0.1) is 6.92 Å². The highest BCUT2D eigenvalue weighted by molar-refractivity contribution is 6.10. The topological polar surface area (TPSA) is 56.7 Å². The summed E-state index contributed by atoms with van der Waals surface area (Å²) >= 11 is 0. The van der Waals surface area contributed by atoms with Crippen LogP contribution in [0.15, 0.2) is 168 Å². The first-order valence-corrected chi connectivity index (χ1v) is 17.1. The quantitative estimate of drug-likeness (QED) is 0.185. The molecular weight excluding hydrogens is 625 g/mol. The Morgan fingerprint density at radius 1 is 0.412 bits per heavy atom. The Hall–Kier alpha value is -6.85. The van der Waals surface area contributed by atoms with Gasteiger partial charge in [-0.3, -0.25) is 0 Å². The average molecular weight is 655 g/mol. The summed E-state index contributed by atoms with van der Waals surface area (Å²) in [7, 11) is 0. The van der Waals surface area contributed by atoms with E-state index in [1.54, 1.807) is 0 Å². The zero-order valence-electron chi connectivity index (χ0n) is 27.8. The summed E-state index contributed by atoms with van der Waals surface area (Å²) in [5, 5.41) is 4.63. The molecule has 5 heteroatoms. The van der Waals surface area contributed by atoms with Gasteiger partial charge in [-0.2, -0.15) is 0 Å². The monoisotopic (exact) mass is 654 g/mol. The van der Waals surface area contributed by atoms with Crippen molar-refractivity contribution in [1.29, 1.82) is 0 Å². The molecule has 7 aromatic carbocycles. The Kier molecular flexibility index (Phi) is 6.64. The van der Waals surface area contributed by atoms with E-state index >= 15 is 0 Å². The van der Waals surface area contributed by atoms with E-state index in [1.807, 2.05) is 78.9 Å². The highest BCUT2D eigenvalue weighted by atomic mass is 16.3. The predicted molar refractivity (Wildman–Crippen MR) is 208 cm³/mol. The van der Waals surface area contributed by atoms with Gasteiger partial charge in [-0.25, -0.2) is 15.0 Å². The number of nitrogens with zero attached hydrogens (tertiary/aromatic N) is 4. The summed E-state index contributed by atoms with van der Waals surface area (Å²) < 4.78 is 8.66. The summed E-state index contributed by atoms with van der Waals surface area (Å²) in [5.41, 5.74) is 11.0. The van der Waals surface area contributed by atoms with Crippen LogP contribution in [0.25, 0.3) is 94.7 Å². The number of hydrogen-bond acceptors (Lipinski definition) is 4. The van der Waals surface area contributed by atoms with Crippen molar-refractivity contribution in [2.45, 2.75) is 6.92 Å². The highest BCUT2D eigenvalue weighted by Crippen LogP contribution is 2.39. The lowest BCUT2D eigenvalue weighted by molar-refractivity contribution is 0.669. The van der Waals surface area contributed by atoms with E-state index in [4.69, 9.17) is 19.4 Å². The molecule has 0 aliphatic rings. The van der Waals surface area contributed by atoms with Gasteiger partial charge in [-0.05, 0) is 66.6 Å². The van der Waals surface area contributed by atoms with E-state index in [0.29, 0.717) is 17.5 Å². The second-order valence-corrected chi connectivity index (χ2v) is 13.0. The molecule has 0 amide bonds. The van der Waals surface area contributed by atoms with Crippen molar-refractivity contribution in [3.8, 4) is 51.0 Å². The second kappa shape index (κ2) is 11.6. The number of rotatable bonds is 5. The van der Waals surface area contributed by atoms with Crippen LogP contribution in [0.5, 0.6) is 0 Å². The lowest BCUT2D eigenvalue weighted by Crippen LogP contribution is -2.04. The van der Waals surface area contributed by atoms with Crippen LogP contribution in [0.2, 0.25) is 0 Å². The first-order valence-electron chi connectivity index (χ1n) is 17.1. The van der Waals surface area contributed by atoms with Crippen LogP contribution >= 0.6 is 0 Å². The number of aryl methyl sites for hydroxylation is 1. The fraction of sp³-hybridized carbons (Fsp3) is 0.0217. The Bertz CT molecular complexity index is 2870. The molecule has 0 atom stereocenters. The van der Waals surface area contributed by atoms with Crippen molar-refractivity contribution in [3.05, 3.63) is 169 Å². The molecule has 0 saturated heterocycles. The molecular formula is C46H30N4O. The minimum Gasteiger partial charge on any atom is -0.456 e. The van der Waals surface area contributed by atoms with E-state index in [2.05, 4.69) is 96.4 Å². The molecule has 3 heterocycles. The van der Waals surface area contributed by atoms with E-state index in [-0.39, 0.29) is 0 Å². The fourth-order valence-corrected chi connectivity index (χ4v) is 7.27. The molecule has 0 spiro atoms. The lowest BCUT2D eigenvalue weighted by atomic mass is 9.99. The smallest absolute Gasteiger partial charge is 0.166 e. The number of hydrogen-bond donors (Lipinski definition) is 0. The van der Waals surface area contributed by atoms with Crippen molar-refractivity contribution >= 4 is 43.7 Å². The molecule has 0 N–H and O–H groups in total. The van der Waals surface area contributed by atoms with E-state index in [0.717, 1.165) is 66.5 Å². The summed E-state index contributed by atoms with van der Waals surface area (Å²) in [6.07, 6.45) is 0. The number of fused-ring (bicyclic) bond motifs is 6. The summed E-state index contributed by atoms with van der Waals surface area (Å²) in [4.78, 5) is 15.4. The van der Waals surface area contributed by atoms with Gasteiger partial charge in [0.1, 0.15) is 11.2 Å². The first kappa shape index (κ1) is 29.1. The van der Waals surface area contributed by atoms with Crippen molar-refractivity contribution in [2.24, 2.45) is 0 Å². The normalized spacial score (nSPS) is 11.6. The van der Waals surface area contributed by atoms with Crippen LogP contribution in [-0.4, -0.2) is 19.5 Å². The molecule has 240 valence electrons. The largest absolute Gasteiger partial charge is 0.456 e. The van der Waals surface area contributed by atoms with Gasteiger partial charge in [0, 0.05) is 38.2 Å². The molecule has 10 aromatic rings. The third kappa shape index (κ3) is 4.90. The minimum atomic E-state index is 0.599. The van der Waals surface area contributed by atoms with E-state index in [1.165, 1.54) is 16.3 Å². The molecule has 0 radical (unpaired) electrons. The molecule has 0 saturated carbocycles. The Morgan fingerprint density at radius 3 is 1.76 bits per heavy atom. The highest BCUT2D eigenvalue weighted by Gasteiger charge is 2.21. The minimum absolute atomic E-state index is 0.599. The molecule has 5 nitrogen and oxygen atoms in total. The van der Waals surface area contributed by atoms with Crippen molar-refractivity contribution < 1.29 is 4.42 Å². The molecule has 0 aliphatic carbocycles. The summed E-state index contributed by atoms with van der Waals surface area (Å²) in [5.74, 6) is 1.84. The van der Waals surface area contributed by atoms with Gasteiger partial charge >= 0.3 is 0 Å². The van der Waals surface area contributed by atoms with Crippen molar-refractivity contribution in [1.82, 2.24) is 19.5 Å². The average Bonchev–Trinajstić information content (AvgIpc) is 3.73. The number of furan rings is 1. The van der Waals surface area contributed by atoms with E-state index < -0.39 is 0 Å². The van der Waals surface area contributed by atoms with Gasteiger partial charge in [0.15, 0.2) is 17.5 Å². The fourth-order valence-electron chi connectivity index (χ4n) is 7.27. The molecule has 0 bridgehead atoms. The van der Waals surface area contributed by atoms with Gasteiger partial charge < -0.3 is 8.98 Å². The van der Waals surface area contributed by atoms with Crippen molar-refractivity contribution in [2.75, 3.05) is 0 Å². The van der Waals surface area contributed by atoms with Crippen LogP contribution in [0.4, 0.5) is 0 Å². The van der Waals surface area contributed by atoms with Gasteiger partial charge in [0.2, 0.25) is 0 Å². The molecule has 0 unspecified atom stereocenters. The third-order valence-electron chi connectivity index (χ3n) is 9.72. The Morgan fingerprint density at radius 2 is 1.00 bits per heavy atom.